The van der Waals surface area contributed by atoms with Gasteiger partial charge in [0, 0.05) is 30.5 Å². The van der Waals surface area contributed by atoms with E-state index in [2.05, 4.69) is 26.1 Å². The van der Waals surface area contributed by atoms with Crippen molar-refractivity contribution in [3.05, 3.63) is 44.6 Å². The summed E-state index contributed by atoms with van der Waals surface area (Å²) >= 11 is 8.33. The molecule has 1 aliphatic heterocycles. The van der Waals surface area contributed by atoms with Crippen LogP contribution in [0.5, 0.6) is 0 Å². The average Bonchev–Trinajstić information content (AvgIpc) is 2.87. The minimum Gasteiger partial charge on any atom is -0.339 e. The van der Waals surface area contributed by atoms with Gasteiger partial charge in [-0.3, -0.25) is 9.89 Å². The van der Waals surface area contributed by atoms with Gasteiger partial charge in [0.15, 0.2) is 4.77 Å². The molecule has 0 radical (unpaired) electrons. The SMILES string of the molecule is Cn1c(C2CCN(C(=O)c3ccc(Br)cc3F)CC2)n[nH]c1=S. The van der Waals surface area contributed by atoms with E-state index in [0.717, 1.165) is 18.7 Å². The third-order valence-corrected chi connectivity index (χ3v) is 5.08. The van der Waals surface area contributed by atoms with Crippen LogP contribution in [0.4, 0.5) is 4.39 Å². The number of carbonyl (C=O) groups is 1. The van der Waals surface area contributed by atoms with Crippen LogP contribution in [0.15, 0.2) is 22.7 Å². The van der Waals surface area contributed by atoms with Gasteiger partial charge in [-0.15, -0.1) is 0 Å². The highest BCUT2D eigenvalue weighted by Crippen LogP contribution is 2.27. The van der Waals surface area contributed by atoms with Crippen molar-refractivity contribution >= 4 is 34.1 Å². The Morgan fingerprint density at radius 3 is 2.70 bits per heavy atom. The Kier molecular flexibility index (Phi) is 4.63. The van der Waals surface area contributed by atoms with Gasteiger partial charge in [0.1, 0.15) is 11.6 Å². The fourth-order valence-corrected chi connectivity index (χ4v) is 3.37. The number of amides is 1. The first-order valence-corrected chi connectivity index (χ1v) is 8.53. The Morgan fingerprint density at radius 1 is 1.43 bits per heavy atom. The molecule has 1 N–H and O–H groups in total. The molecule has 0 spiro atoms. The Hall–Kier alpha value is -1.54. The summed E-state index contributed by atoms with van der Waals surface area (Å²) in [4.78, 5) is 14.2. The van der Waals surface area contributed by atoms with Crippen LogP contribution < -0.4 is 0 Å². The molecule has 1 fully saturated rings. The maximum absolute atomic E-state index is 13.9. The summed E-state index contributed by atoms with van der Waals surface area (Å²) in [5.41, 5.74) is 0.116. The van der Waals surface area contributed by atoms with Crippen LogP contribution >= 0.6 is 28.1 Å². The van der Waals surface area contributed by atoms with E-state index in [1.165, 1.54) is 12.1 Å². The van der Waals surface area contributed by atoms with Gasteiger partial charge < -0.3 is 9.47 Å². The van der Waals surface area contributed by atoms with Crippen molar-refractivity contribution in [2.24, 2.45) is 7.05 Å². The number of rotatable bonds is 2. The quantitative estimate of drug-likeness (QED) is 0.788. The fourth-order valence-electron chi connectivity index (χ4n) is 2.90. The summed E-state index contributed by atoms with van der Waals surface area (Å²) < 4.78 is 17.0. The molecule has 0 bridgehead atoms. The Morgan fingerprint density at radius 2 is 2.13 bits per heavy atom. The van der Waals surface area contributed by atoms with Crippen LogP contribution in [0.25, 0.3) is 0 Å². The zero-order chi connectivity index (χ0) is 16.6. The summed E-state index contributed by atoms with van der Waals surface area (Å²) in [6.45, 7) is 1.16. The van der Waals surface area contributed by atoms with E-state index in [1.807, 2.05) is 11.6 Å². The van der Waals surface area contributed by atoms with Crippen LogP contribution in [-0.2, 0) is 7.05 Å². The van der Waals surface area contributed by atoms with Gasteiger partial charge in [-0.1, -0.05) is 15.9 Å². The lowest BCUT2D eigenvalue weighted by Gasteiger charge is -2.31. The maximum atomic E-state index is 13.9. The summed E-state index contributed by atoms with van der Waals surface area (Å²) in [5.74, 6) is 0.411. The number of piperidine rings is 1. The molecule has 0 saturated carbocycles. The van der Waals surface area contributed by atoms with E-state index in [1.54, 1.807) is 11.0 Å². The highest BCUT2D eigenvalue weighted by molar-refractivity contribution is 9.10. The van der Waals surface area contributed by atoms with Crippen molar-refractivity contribution in [3.8, 4) is 0 Å². The lowest BCUT2D eigenvalue weighted by atomic mass is 9.95. The highest BCUT2D eigenvalue weighted by Gasteiger charge is 2.28. The van der Waals surface area contributed by atoms with Crippen LogP contribution in [-0.4, -0.2) is 38.7 Å². The third-order valence-electron chi connectivity index (χ3n) is 4.22. The second-order valence-corrected chi connectivity index (χ2v) is 6.94. The first kappa shape index (κ1) is 16.3. The van der Waals surface area contributed by atoms with Gasteiger partial charge >= 0.3 is 0 Å². The lowest BCUT2D eigenvalue weighted by molar-refractivity contribution is 0.0705. The predicted molar refractivity (Wildman–Crippen MR) is 90.4 cm³/mol. The van der Waals surface area contributed by atoms with Crippen LogP contribution in [0.2, 0.25) is 0 Å². The van der Waals surface area contributed by atoms with Crippen molar-refractivity contribution in [1.82, 2.24) is 19.7 Å². The Bertz CT molecular complexity index is 795. The van der Waals surface area contributed by atoms with E-state index in [0.29, 0.717) is 22.3 Å². The molecule has 5 nitrogen and oxygen atoms in total. The number of aromatic nitrogens is 3. The zero-order valence-corrected chi connectivity index (χ0v) is 15.0. The smallest absolute Gasteiger partial charge is 0.256 e. The molecule has 3 rings (SSSR count). The van der Waals surface area contributed by atoms with E-state index in [-0.39, 0.29) is 17.4 Å². The standard InChI is InChI=1S/C15H16BrFN4OS/c1-20-13(18-19-15(20)23)9-4-6-21(7-5-9)14(22)11-3-2-10(16)8-12(11)17/h2-3,8-9H,4-7H2,1H3,(H,19,23). The molecule has 8 heteroatoms. The monoisotopic (exact) mass is 398 g/mol. The molecule has 1 aliphatic rings. The molecule has 1 aromatic heterocycles. The predicted octanol–water partition coefficient (Wildman–Crippen LogP) is 3.40. The number of halogens is 2. The van der Waals surface area contributed by atoms with E-state index < -0.39 is 5.82 Å². The topological polar surface area (TPSA) is 53.9 Å². The summed E-state index contributed by atoms with van der Waals surface area (Å²) in [6.07, 6.45) is 1.58. The molecule has 122 valence electrons. The van der Waals surface area contributed by atoms with Gasteiger partial charge in [0.05, 0.1) is 5.56 Å². The zero-order valence-electron chi connectivity index (χ0n) is 12.6. The molecule has 1 aromatic carbocycles. The minimum absolute atomic E-state index is 0.116. The van der Waals surface area contributed by atoms with Crippen LogP contribution in [0.1, 0.15) is 34.9 Å². The maximum Gasteiger partial charge on any atom is 0.256 e. The highest BCUT2D eigenvalue weighted by atomic mass is 79.9. The second kappa shape index (κ2) is 6.52. The number of H-pyrrole nitrogens is 1. The normalized spacial score (nSPS) is 15.9. The number of aromatic amines is 1. The van der Waals surface area contributed by atoms with Crippen molar-refractivity contribution in [2.45, 2.75) is 18.8 Å². The summed E-state index contributed by atoms with van der Waals surface area (Å²) in [5, 5.41) is 7.06. The molecular formula is C15H16BrFN4OS. The summed E-state index contributed by atoms with van der Waals surface area (Å²) in [6, 6.07) is 4.51. The van der Waals surface area contributed by atoms with E-state index >= 15 is 0 Å². The molecule has 0 atom stereocenters. The Labute approximate surface area is 146 Å². The number of nitrogens with zero attached hydrogens (tertiary/aromatic N) is 3. The van der Waals surface area contributed by atoms with Crippen molar-refractivity contribution < 1.29 is 9.18 Å². The second-order valence-electron chi connectivity index (χ2n) is 5.64. The first-order valence-electron chi connectivity index (χ1n) is 7.33. The average molecular weight is 399 g/mol. The van der Waals surface area contributed by atoms with Gasteiger partial charge in [0.25, 0.3) is 5.91 Å². The lowest BCUT2D eigenvalue weighted by Crippen LogP contribution is -2.38. The van der Waals surface area contributed by atoms with E-state index in [4.69, 9.17) is 12.2 Å². The van der Waals surface area contributed by atoms with E-state index in [9.17, 15) is 9.18 Å². The number of hydrogen-bond donors (Lipinski definition) is 1. The van der Waals surface area contributed by atoms with Gasteiger partial charge in [0.2, 0.25) is 0 Å². The molecule has 0 unspecified atom stereocenters. The number of likely N-dealkylation sites (tertiary alicyclic amines) is 1. The van der Waals surface area contributed by atoms with Crippen LogP contribution in [0, 0.1) is 10.6 Å². The Balaban J connectivity index is 1.70. The molecule has 0 aliphatic carbocycles. The van der Waals surface area contributed by atoms with Crippen LogP contribution in [0.3, 0.4) is 0 Å². The number of hydrogen-bond acceptors (Lipinski definition) is 3. The molecule has 1 saturated heterocycles. The molecule has 2 heterocycles. The fraction of sp³-hybridized carbons (Fsp3) is 0.400. The van der Waals surface area contributed by atoms with Gasteiger partial charge in [-0.25, -0.2) is 4.39 Å². The van der Waals surface area contributed by atoms with Gasteiger partial charge in [-0.05, 0) is 43.3 Å². The van der Waals surface area contributed by atoms with Crippen molar-refractivity contribution in [3.63, 3.8) is 0 Å². The number of carbonyl (C=O) groups excluding carboxylic acids is 1. The first-order chi connectivity index (χ1) is 11.0. The molecular weight excluding hydrogens is 383 g/mol. The molecule has 2 aromatic rings. The van der Waals surface area contributed by atoms with Crippen molar-refractivity contribution in [2.75, 3.05) is 13.1 Å². The summed E-state index contributed by atoms with van der Waals surface area (Å²) in [7, 11) is 1.88. The third kappa shape index (κ3) is 3.23. The van der Waals surface area contributed by atoms with Gasteiger partial charge in [-0.2, -0.15) is 5.10 Å². The molecule has 1 amide bonds. The largest absolute Gasteiger partial charge is 0.339 e. The molecule has 23 heavy (non-hydrogen) atoms. The van der Waals surface area contributed by atoms with Crippen molar-refractivity contribution in [1.29, 1.82) is 0 Å². The number of nitrogens with one attached hydrogen (secondary N) is 1. The minimum atomic E-state index is -0.499. The number of benzene rings is 1.